The smallest absolute Gasteiger partial charge is 0.266 e. The van der Waals surface area contributed by atoms with Gasteiger partial charge < -0.3 is 5.32 Å². The number of thioether (sulfide) groups is 1. The lowest BCUT2D eigenvalue weighted by Gasteiger charge is -2.14. The van der Waals surface area contributed by atoms with E-state index in [2.05, 4.69) is 5.32 Å². The highest BCUT2D eigenvalue weighted by molar-refractivity contribution is 8.26. The van der Waals surface area contributed by atoms with E-state index in [4.69, 9.17) is 35.4 Å². The number of hydrogen-bond donors (Lipinski definition) is 1. The van der Waals surface area contributed by atoms with Crippen LogP contribution >= 0.6 is 47.2 Å². The lowest BCUT2D eigenvalue weighted by Crippen LogP contribution is -2.29. The molecule has 2 aromatic rings. The molecule has 1 saturated heterocycles. The molecule has 0 radical (unpaired) electrons. The lowest BCUT2D eigenvalue weighted by atomic mass is 10.2. The summed E-state index contributed by atoms with van der Waals surface area (Å²) in [5.41, 5.74) is 1.41. The Morgan fingerprint density at radius 1 is 1.18 bits per heavy atom. The van der Waals surface area contributed by atoms with Crippen LogP contribution in [0, 0.1) is 0 Å². The summed E-state index contributed by atoms with van der Waals surface area (Å²) in [5, 5.41) is 3.92. The molecular weight excluding hydrogens is 435 g/mol. The number of amides is 2. The van der Waals surface area contributed by atoms with Gasteiger partial charge in [0.05, 0.1) is 4.91 Å². The van der Waals surface area contributed by atoms with E-state index in [1.807, 2.05) is 18.2 Å². The van der Waals surface area contributed by atoms with E-state index < -0.39 is 0 Å². The number of hydrogen-bond acceptors (Lipinski definition) is 4. The van der Waals surface area contributed by atoms with Crippen LogP contribution in [0.5, 0.6) is 0 Å². The maximum Gasteiger partial charge on any atom is 0.266 e. The Kier molecular flexibility index (Phi) is 7.13. The molecule has 0 aliphatic carbocycles. The SMILES string of the molecule is O=C(CCCN1C(=O)/C(=C\c2ccccc2Cl)SC1=S)Nc1cccc(Cl)c1. The van der Waals surface area contributed by atoms with Gasteiger partial charge in [-0.1, -0.05) is 71.4 Å². The molecule has 1 fully saturated rings. The van der Waals surface area contributed by atoms with Crippen molar-refractivity contribution < 1.29 is 9.59 Å². The number of anilines is 1. The van der Waals surface area contributed by atoms with Crippen molar-refractivity contribution in [2.24, 2.45) is 0 Å². The minimum atomic E-state index is -0.162. The molecular formula is C20H16Cl2N2O2S2. The second-order valence-electron chi connectivity index (χ2n) is 6.02. The standard InChI is InChI=1S/C20H16Cl2N2O2S2/c21-14-6-3-7-15(12-14)23-18(25)9-4-10-24-19(26)17(28-20(24)27)11-13-5-1-2-8-16(13)22/h1-3,5-8,11-12H,4,9-10H2,(H,23,25)/b17-11+. The molecule has 28 heavy (non-hydrogen) atoms. The Balaban J connectivity index is 1.55. The summed E-state index contributed by atoms with van der Waals surface area (Å²) >= 11 is 18.6. The van der Waals surface area contributed by atoms with Crippen molar-refractivity contribution in [1.82, 2.24) is 4.90 Å². The number of rotatable bonds is 6. The Morgan fingerprint density at radius 3 is 2.71 bits per heavy atom. The van der Waals surface area contributed by atoms with Crippen molar-refractivity contribution in [2.75, 3.05) is 11.9 Å². The second kappa shape index (κ2) is 9.56. The molecule has 8 heteroatoms. The molecule has 0 aromatic heterocycles. The number of carbonyl (C=O) groups excluding carboxylic acids is 2. The third-order valence-corrected chi connectivity index (χ3v) is 5.92. The molecule has 0 saturated carbocycles. The lowest BCUT2D eigenvalue weighted by molar-refractivity contribution is -0.122. The van der Waals surface area contributed by atoms with Crippen LogP contribution < -0.4 is 5.32 Å². The van der Waals surface area contributed by atoms with Gasteiger partial charge in [0.1, 0.15) is 4.32 Å². The largest absolute Gasteiger partial charge is 0.326 e. The van der Waals surface area contributed by atoms with Crippen LogP contribution in [-0.2, 0) is 9.59 Å². The van der Waals surface area contributed by atoms with Crippen molar-refractivity contribution in [1.29, 1.82) is 0 Å². The first-order valence-electron chi connectivity index (χ1n) is 8.49. The van der Waals surface area contributed by atoms with Gasteiger partial charge in [0.25, 0.3) is 5.91 Å². The van der Waals surface area contributed by atoms with E-state index in [1.165, 1.54) is 16.7 Å². The minimum Gasteiger partial charge on any atom is -0.326 e. The quantitative estimate of drug-likeness (QED) is 0.458. The summed E-state index contributed by atoms with van der Waals surface area (Å²) in [4.78, 5) is 26.8. The van der Waals surface area contributed by atoms with Crippen molar-refractivity contribution >= 4 is 75.1 Å². The Bertz CT molecular complexity index is 963. The molecule has 0 spiro atoms. The number of benzene rings is 2. The molecule has 0 bridgehead atoms. The summed E-state index contributed by atoms with van der Waals surface area (Å²) in [6, 6.07) is 14.3. The molecule has 2 aromatic carbocycles. The average Bonchev–Trinajstić information content (AvgIpc) is 2.91. The zero-order valence-corrected chi connectivity index (χ0v) is 17.8. The van der Waals surface area contributed by atoms with Gasteiger partial charge in [0.15, 0.2) is 0 Å². The summed E-state index contributed by atoms with van der Waals surface area (Å²) < 4.78 is 0.485. The van der Waals surface area contributed by atoms with Crippen LogP contribution in [0.15, 0.2) is 53.4 Å². The van der Waals surface area contributed by atoms with Gasteiger partial charge in [0.2, 0.25) is 5.91 Å². The first-order chi connectivity index (χ1) is 13.4. The number of nitrogens with zero attached hydrogens (tertiary/aromatic N) is 1. The molecule has 4 nitrogen and oxygen atoms in total. The molecule has 1 heterocycles. The van der Waals surface area contributed by atoms with E-state index >= 15 is 0 Å². The first-order valence-corrected chi connectivity index (χ1v) is 10.5. The zero-order valence-electron chi connectivity index (χ0n) is 14.7. The van der Waals surface area contributed by atoms with Crippen molar-refractivity contribution in [2.45, 2.75) is 12.8 Å². The normalized spacial score (nSPS) is 15.4. The van der Waals surface area contributed by atoms with Gasteiger partial charge in [-0.05, 0) is 42.3 Å². The maximum absolute atomic E-state index is 12.6. The van der Waals surface area contributed by atoms with Crippen LogP contribution in [0.4, 0.5) is 5.69 Å². The van der Waals surface area contributed by atoms with E-state index in [0.717, 1.165) is 5.56 Å². The average molecular weight is 451 g/mol. The molecule has 1 aliphatic rings. The van der Waals surface area contributed by atoms with Crippen LogP contribution in [0.1, 0.15) is 18.4 Å². The van der Waals surface area contributed by atoms with Crippen LogP contribution in [0.25, 0.3) is 6.08 Å². The highest BCUT2D eigenvalue weighted by Gasteiger charge is 2.31. The van der Waals surface area contributed by atoms with Gasteiger partial charge in [0, 0.05) is 28.7 Å². The summed E-state index contributed by atoms with van der Waals surface area (Å²) in [7, 11) is 0. The predicted molar refractivity (Wildman–Crippen MR) is 121 cm³/mol. The molecule has 2 amide bonds. The van der Waals surface area contributed by atoms with E-state index in [-0.39, 0.29) is 18.2 Å². The predicted octanol–water partition coefficient (Wildman–Crippen LogP) is 5.61. The fourth-order valence-electron chi connectivity index (χ4n) is 2.61. The third kappa shape index (κ3) is 5.35. The van der Waals surface area contributed by atoms with Gasteiger partial charge >= 0.3 is 0 Å². The van der Waals surface area contributed by atoms with Gasteiger partial charge in [-0.3, -0.25) is 14.5 Å². The van der Waals surface area contributed by atoms with E-state index in [9.17, 15) is 9.59 Å². The summed E-state index contributed by atoms with van der Waals surface area (Å²) in [5.74, 6) is -0.301. The van der Waals surface area contributed by atoms with E-state index in [1.54, 1.807) is 36.4 Å². The van der Waals surface area contributed by atoms with Crippen LogP contribution in [0.2, 0.25) is 10.0 Å². The topological polar surface area (TPSA) is 49.4 Å². The molecule has 144 valence electrons. The number of nitrogens with one attached hydrogen (secondary N) is 1. The van der Waals surface area contributed by atoms with Crippen molar-refractivity contribution in [3.05, 3.63) is 69.0 Å². The van der Waals surface area contributed by atoms with Gasteiger partial charge in [-0.25, -0.2) is 0 Å². The Hall–Kier alpha value is -1.86. The van der Waals surface area contributed by atoms with Crippen molar-refractivity contribution in [3.63, 3.8) is 0 Å². The zero-order chi connectivity index (χ0) is 20.1. The number of carbonyl (C=O) groups is 2. The number of halogens is 2. The second-order valence-corrected chi connectivity index (χ2v) is 8.54. The monoisotopic (exact) mass is 450 g/mol. The molecule has 0 unspecified atom stereocenters. The third-order valence-electron chi connectivity index (χ3n) is 3.96. The van der Waals surface area contributed by atoms with E-state index in [0.29, 0.717) is 37.9 Å². The van der Waals surface area contributed by atoms with Crippen molar-refractivity contribution in [3.8, 4) is 0 Å². The molecule has 0 atom stereocenters. The highest BCUT2D eigenvalue weighted by atomic mass is 35.5. The summed E-state index contributed by atoms with van der Waals surface area (Å²) in [6.07, 6.45) is 2.51. The van der Waals surface area contributed by atoms with Gasteiger partial charge in [-0.15, -0.1) is 0 Å². The van der Waals surface area contributed by atoms with Gasteiger partial charge in [-0.2, -0.15) is 0 Å². The Morgan fingerprint density at radius 2 is 1.96 bits per heavy atom. The fourth-order valence-corrected chi connectivity index (χ4v) is 4.29. The number of thiocarbonyl (C=S) groups is 1. The molecule has 1 aliphatic heterocycles. The highest BCUT2D eigenvalue weighted by Crippen LogP contribution is 2.33. The fraction of sp³-hybridized carbons (Fsp3) is 0.150. The maximum atomic E-state index is 12.6. The molecule has 3 rings (SSSR count). The van der Waals surface area contributed by atoms with Crippen LogP contribution in [0.3, 0.4) is 0 Å². The summed E-state index contributed by atoms with van der Waals surface area (Å²) in [6.45, 7) is 0.382. The Labute approximate surface area is 182 Å². The first kappa shape index (κ1) is 20.9. The van der Waals surface area contributed by atoms with Crippen LogP contribution in [-0.4, -0.2) is 27.6 Å². The minimum absolute atomic E-state index is 0.140. The molecule has 1 N–H and O–H groups in total.